The summed E-state index contributed by atoms with van der Waals surface area (Å²) < 4.78 is 24.2. The van der Waals surface area contributed by atoms with E-state index in [1.165, 1.54) is 16.5 Å². The molecule has 1 saturated heterocycles. The van der Waals surface area contributed by atoms with Gasteiger partial charge in [0, 0.05) is 29.7 Å². The lowest BCUT2D eigenvalue weighted by Crippen LogP contribution is -2.68. The molecule has 2 aromatic rings. The Hall–Kier alpha value is -2.12. The molecule has 5 aliphatic rings. The maximum absolute atomic E-state index is 17.1. The van der Waals surface area contributed by atoms with Gasteiger partial charge >= 0.3 is 0 Å². The van der Waals surface area contributed by atoms with Gasteiger partial charge in [0.25, 0.3) is 0 Å². The first-order valence-electron chi connectivity index (χ1n) is 13.3. The van der Waals surface area contributed by atoms with Gasteiger partial charge in [0.1, 0.15) is 11.7 Å². The van der Waals surface area contributed by atoms with Gasteiger partial charge in [-0.2, -0.15) is 0 Å². The molecule has 1 aromatic carbocycles. The molecule has 6 heteroatoms. The Morgan fingerprint density at radius 3 is 2.72 bits per heavy atom. The standard InChI is InChI=1S/C30H35FN2O3/c1-27-9-11-29(31)15-22-25(34)26(35)23(33(2)3)16-28(22)10-12-30(29,36-28)24(27)7-6-21(27)19-5-4-18-8-13-32-17-20(18)14-19/h4-6,8,13-15,17,23-26,34-35H,7,9-12,16H2,1-3H3/t23-,24?,25+,26+,27+,28+,29?,30-/m0/s1. The number of aromatic nitrogens is 1. The quantitative estimate of drug-likeness (QED) is 0.610. The van der Waals surface area contributed by atoms with Gasteiger partial charge in [0.2, 0.25) is 0 Å². The molecule has 3 fully saturated rings. The summed E-state index contributed by atoms with van der Waals surface area (Å²) in [4.78, 5) is 6.26. The molecule has 0 amide bonds. The molecule has 0 radical (unpaired) electrons. The number of aliphatic hydroxyl groups excluding tert-OH is 2. The number of nitrogens with zero attached hydrogens (tertiary/aromatic N) is 2. The number of likely N-dealkylation sites (N-methyl/N-ethyl adjacent to an activating group) is 1. The average Bonchev–Trinajstić information content (AvgIpc) is 3.39. The number of alkyl halides is 1. The van der Waals surface area contributed by atoms with E-state index in [9.17, 15) is 10.2 Å². The fourth-order valence-corrected chi connectivity index (χ4v) is 8.68. The molecular formula is C30H35FN2O3. The second-order valence-electron chi connectivity index (χ2n) is 12.4. The molecule has 2 saturated carbocycles. The molecule has 2 bridgehead atoms. The van der Waals surface area contributed by atoms with E-state index >= 15 is 4.39 Å². The van der Waals surface area contributed by atoms with Crippen LogP contribution in [-0.4, -0.2) is 69.3 Å². The Labute approximate surface area is 211 Å². The highest BCUT2D eigenvalue weighted by atomic mass is 19.1. The molecule has 3 heterocycles. The minimum atomic E-state index is -1.64. The number of benzene rings is 1. The monoisotopic (exact) mass is 490 g/mol. The van der Waals surface area contributed by atoms with E-state index in [0.29, 0.717) is 37.7 Å². The van der Waals surface area contributed by atoms with Crippen LogP contribution in [0.3, 0.4) is 0 Å². The number of hydrogen-bond acceptors (Lipinski definition) is 5. The minimum absolute atomic E-state index is 0.0160. The third kappa shape index (κ3) is 2.71. The maximum Gasteiger partial charge on any atom is 0.158 e. The third-order valence-electron chi connectivity index (χ3n) is 10.6. The van der Waals surface area contributed by atoms with Crippen LogP contribution >= 0.6 is 0 Å². The first-order valence-corrected chi connectivity index (χ1v) is 13.3. The Morgan fingerprint density at radius 2 is 1.92 bits per heavy atom. The minimum Gasteiger partial charge on any atom is -0.388 e. The van der Waals surface area contributed by atoms with Crippen LogP contribution < -0.4 is 0 Å². The number of aliphatic hydroxyl groups is 2. The summed E-state index contributed by atoms with van der Waals surface area (Å²) in [6, 6.07) is 8.34. The van der Waals surface area contributed by atoms with Crippen LogP contribution in [0.25, 0.3) is 16.3 Å². The van der Waals surface area contributed by atoms with Crippen LogP contribution in [0, 0.1) is 11.3 Å². The van der Waals surface area contributed by atoms with E-state index in [0.717, 1.165) is 11.8 Å². The second kappa shape index (κ2) is 7.25. The molecule has 8 atom stereocenters. The Kier molecular flexibility index (Phi) is 4.64. The summed E-state index contributed by atoms with van der Waals surface area (Å²) in [5.74, 6) is 0.0160. The van der Waals surface area contributed by atoms with Crippen molar-refractivity contribution >= 4 is 16.3 Å². The van der Waals surface area contributed by atoms with Crippen LogP contribution in [0.1, 0.15) is 51.0 Å². The summed E-state index contributed by atoms with van der Waals surface area (Å²) in [6.45, 7) is 2.30. The van der Waals surface area contributed by atoms with Crippen molar-refractivity contribution in [2.24, 2.45) is 11.3 Å². The molecule has 3 aliphatic carbocycles. The molecule has 7 rings (SSSR count). The number of hydrogen-bond donors (Lipinski definition) is 2. The summed E-state index contributed by atoms with van der Waals surface area (Å²) in [5, 5.41) is 24.2. The van der Waals surface area contributed by atoms with Gasteiger partial charge in [-0.05, 0) is 98.3 Å². The molecule has 190 valence electrons. The van der Waals surface area contributed by atoms with Crippen molar-refractivity contribution < 1.29 is 19.3 Å². The zero-order chi connectivity index (χ0) is 25.1. The summed E-state index contributed by atoms with van der Waals surface area (Å²) >= 11 is 0. The zero-order valence-corrected chi connectivity index (χ0v) is 21.2. The van der Waals surface area contributed by atoms with Crippen molar-refractivity contribution in [3.63, 3.8) is 0 Å². The number of allylic oxidation sites excluding steroid dienone is 2. The molecule has 1 aromatic heterocycles. The zero-order valence-electron chi connectivity index (χ0n) is 21.2. The summed E-state index contributed by atoms with van der Waals surface area (Å²) in [6.07, 6.45) is 9.42. The largest absolute Gasteiger partial charge is 0.388 e. The smallest absolute Gasteiger partial charge is 0.158 e. The molecular weight excluding hydrogens is 455 g/mol. The number of fused-ring (bicyclic) bond motifs is 2. The normalized spacial score (nSPS) is 45.2. The van der Waals surface area contributed by atoms with Gasteiger partial charge in [-0.15, -0.1) is 0 Å². The first-order chi connectivity index (χ1) is 17.1. The first kappa shape index (κ1) is 23.0. The fourth-order valence-electron chi connectivity index (χ4n) is 8.68. The predicted octanol–water partition coefficient (Wildman–Crippen LogP) is 4.43. The van der Waals surface area contributed by atoms with Crippen LogP contribution in [0.4, 0.5) is 4.39 Å². The van der Waals surface area contributed by atoms with Gasteiger partial charge in [0.05, 0.1) is 11.7 Å². The fraction of sp³-hybridized carbons (Fsp3) is 0.567. The number of rotatable bonds is 2. The Balaban J connectivity index is 1.30. The molecule has 2 aliphatic heterocycles. The van der Waals surface area contributed by atoms with Crippen molar-refractivity contribution in [1.29, 1.82) is 0 Å². The number of halogens is 1. The van der Waals surface area contributed by atoms with Crippen molar-refractivity contribution in [2.45, 2.75) is 80.6 Å². The number of ether oxygens (including phenoxy) is 1. The van der Waals surface area contributed by atoms with Crippen molar-refractivity contribution in [2.75, 3.05) is 14.1 Å². The lowest BCUT2D eigenvalue weighted by atomic mass is 9.53. The lowest BCUT2D eigenvalue weighted by Gasteiger charge is -2.60. The van der Waals surface area contributed by atoms with Gasteiger partial charge in [-0.1, -0.05) is 25.1 Å². The maximum atomic E-state index is 17.1. The Bertz CT molecular complexity index is 1320. The van der Waals surface area contributed by atoms with Crippen LogP contribution in [0.5, 0.6) is 0 Å². The topological polar surface area (TPSA) is 65.8 Å². The Morgan fingerprint density at radius 1 is 1.08 bits per heavy atom. The second-order valence-corrected chi connectivity index (χ2v) is 12.4. The summed E-state index contributed by atoms with van der Waals surface area (Å²) in [7, 11) is 3.84. The van der Waals surface area contributed by atoms with E-state index < -0.39 is 29.1 Å². The molecule has 2 spiro atoms. The van der Waals surface area contributed by atoms with Crippen LogP contribution in [0.15, 0.2) is 54.4 Å². The highest BCUT2D eigenvalue weighted by molar-refractivity contribution is 5.87. The predicted molar refractivity (Wildman–Crippen MR) is 137 cm³/mol. The third-order valence-corrected chi connectivity index (χ3v) is 10.6. The summed E-state index contributed by atoms with van der Waals surface area (Å²) in [5.41, 5.74) is -0.422. The van der Waals surface area contributed by atoms with Crippen molar-refractivity contribution in [3.8, 4) is 0 Å². The highest BCUT2D eigenvalue weighted by Gasteiger charge is 2.74. The van der Waals surface area contributed by atoms with Crippen molar-refractivity contribution in [1.82, 2.24) is 9.88 Å². The van der Waals surface area contributed by atoms with E-state index in [-0.39, 0.29) is 17.4 Å². The van der Waals surface area contributed by atoms with E-state index in [4.69, 9.17) is 4.74 Å². The number of pyridine rings is 1. The van der Waals surface area contributed by atoms with E-state index in [2.05, 4.69) is 36.2 Å². The van der Waals surface area contributed by atoms with Crippen LogP contribution in [-0.2, 0) is 4.74 Å². The van der Waals surface area contributed by atoms with Gasteiger partial charge < -0.3 is 19.8 Å². The average molecular weight is 491 g/mol. The molecule has 2 unspecified atom stereocenters. The van der Waals surface area contributed by atoms with E-state index in [1.807, 2.05) is 37.5 Å². The van der Waals surface area contributed by atoms with Crippen LogP contribution in [0.2, 0.25) is 0 Å². The van der Waals surface area contributed by atoms with Gasteiger partial charge in [-0.3, -0.25) is 4.98 Å². The molecule has 5 nitrogen and oxygen atoms in total. The lowest BCUT2D eigenvalue weighted by molar-refractivity contribution is -0.239. The van der Waals surface area contributed by atoms with Crippen molar-refractivity contribution in [3.05, 3.63) is 59.9 Å². The van der Waals surface area contributed by atoms with Gasteiger partial charge in [0.15, 0.2) is 5.67 Å². The SMILES string of the molecule is CN(C)[C@H]1C[C@@]23CC[C@]4(O2)C2CC=C(c5ccc6ccncc6c5)[C@@]2(C)CCC4(F)C=C3[C@@H](O)[C@@H]1O. The van der Waals surface area contributed by atoms with Gasteiger partial charge in [-0.25, -0.2) is 4.39 Å². The van der Waals surface area contributed by atoms with E-state index in [1.54, 1.807) is 6.08 Å². The highest BCUT2D eigenvalue weighted by Crippen LogP contribution is 2.71. The molecule has 36 heavy (non-hydrogen) atoms. The molecule has 2 N–H and O–H groups in total.